The first-order valence-corrected chi connectivity index (χ1v) is 9.32. The summed E-state index contributed by atoms with van der Waals surface area (Å²) < 4.78 is 26.5. The molecule has 0 amide bonds. The van der Waals surface area contributed by atoms with Crippen LogP contribution in [0.25, 0.3) is 0 Å². The van der Waals surface area contributed by atoms with Crippen molar-refractivity contribution in [2.45, 2.75) is 31.2 Å². The van der Waals surface area contributed by atoms with Gasteiger partial charge < -0.3 is 4.98 Å². The predicted octanol–water partition coefficient (Wildman–Crippen LogP) is 1.91. The lowest BCUT2D eigenvalue weighted by Gasteiger charge is -2.15. The van der Waals surface area contributed by atoms with Crippen LogP contribution >= 0.6 is 11.8 Å². The van der Waals surface area contributed by atoms with Crippen molar-refractivity contribution in [2.24, 2.45) is 5.92 Å². The number of rotatable bonds is 5. The molecule has 0 aromatic carbocycles. The first kappa shape index (κ1) is 14.9. The Morgan fingerprint density at radius 2 is 2.32 bits per heavy atom. The number of nitrogens with one attached hydrogen (secondary N) is 1. The zero-order valence-corrected chi connectivity index (χ0v) is 13.2. The largest absolute Gasteiger partial charge is 0.332 e. The van der Waals surface area contributed by atoms with Gasteiger partial charge in [0.05, 0.1) is 6.20 Å². The molecule has 108 valence electrons. The van der Waals surface area contributed by atoms with Gasteiger partial charge in [-0.05, 0) is 24.3 Å². The number of imidazole rings is 1. The molecule has 1 saturated heterocycles. The minimum absolute atomic E-state index is 0.201. The summed E-state index contributed by atoms with van der Waals surface area (Å²) in [5.74, 6) is 2.41. The van der Waals surface area contributed by atoms with Crippen LogP contribution in [-0.2, 0) is 10.0 Å². The highest BCUT2D eigenvalue weighted by Gasteiger charge is 2.33. The molecule has 2 heterocycles. The third kappa shape index (κ3) is 3.14. The van der Waals surface area contributed by atoms with Crippen LogP contribution in [0.2, 0.25) is 0 Å². The zero-order chi connectivity index (χ0) is 14.0. The first-order valence-electron chi connectivity index (χ1n) is 6.49. The van der Waals surface area contributed by atoms with E-state index in [-0.39, 0.29) is 10.9 Å². The van der Waals surface area contributed by atoms with E-state index in [1.807, 2.05) is 13.8 Å². The third-order valence-electron chi connectivity index (χ3n) is 3.39. The molecule has 2 rings (SSSR count). The fourth-order valence-corrected chi connectivity index (χ4v) is 4.46. The summed E-state index contributed by atoms with van der Waals surface area (Å²) in [5.41, 5.74) is 0. The number of thioether (sulfide) groups is 1. The average Bonchev–Trinajstić information content (AvgIpc) is 2.98. The van der Waals surface area contributed by atoms with Crippen molar-refractivity contribution in [1.29, 1.82) is 0 Å². The molecule has 5 nitrogen and oxygen atoms in total. The summed E-state index contributed by atoms with van der Waals surface area (Å²) >= 11 is 1.77. The molecule has 7 heteroatoms. The van der Waals surface area contributed by atoms with Crippen LogP contribution < -0.4 is 0 Å². The van der Waals surface area contributed by atoms with E-state index in [1.165, 1.54) is 6.20 Å². The molecule has 1 aliphatic rings. The SMILES string of the molecule is CSC[C@@H]1CCN(S(=O)(=O)c2cnc(C(C)C)[nH]2)C1. The maximum Gasteiger partial charge on any atom is 0.260 e. The maximum atomic E-state index is 12.5. The van der Waals surface area contributed by atoms with E-state index in [0.29, 0.717) is 19.0 Å². The minimum atomic E-state index is -3.40. The van der Waals surface area contributed by atoms with Crippen molar-refractivity contribution in [1.82, 2.24) is 14.3 Å². The molecule has 0 aliphatic carbocycles. The van der Waals surface area contributed by atoms with Crippen molar-refractivity contribution in [3.63, 3.8) is 0 Å². The van der Waals surface area contributed by atoms with Crippen LogP contribution in [0.1, 0.15) is 32.0 Å². The smallest absolute Gasteiger partial charge is 0.260 e. The molecule has 0 saturated carbocycles. The Balaban J connectivity index is 2.14. The van der Waals surface area contributed by atoms with E-state index in [9.17, 15) is 8.42 Å². The van der Waals surface area contributed by atoms with Gasteiger partial charge in [0, 0.05) is 19.0 Å². The van der Waals surface area contributed by atoms with E-state index < -0.39 is 10.0 Å². The molecule has 0 bridgehead atoms. The number of aromatic nitrogens is 2. The van der Waals surface area contributed by atoms with E-state index in [4.69, 9.17) is 0 Å². The van der Waals surface area contributed by atoms with Gasteiger partial charge >= 0.3 is 0 Å². The first-order chi connectivity index (χ1) is 8.95. The summed E-state index contributed by atoms with van der Waals surface area (Å²) in [6.07, 6.45) is 4.44. The Kier molecular flexibility index (Phi) is 4.58. The van der Waals surface area contributed by atoms with Crippen LogP contribution in [0, 0.1) is 5.92 Å². The standard InChI is InChI=1S/C12H21N3O2S2/c1-9(2)12-13-6-11(14-12)19(16,17)15-5-4-10(7-15)8-18-3/h6,9-10H,4-5,7-8H2,1-3H3,(H,13,14)/t10-/m1/s1. The lowest BCUT2D eigenvalue weighted by molar-refractivity contribution is 0.463. The van der Waals surface area contributed by atoms with E-state index in [0.717, 1.165) is 18.0 Å². The maximum absolute atomic E-state index is 12.5. The van der Waals surface area contributed by atoms with Crippen molar-refractivity contribution >= 4 is 21.8 Å². The molecular weight excluding hydrogens is 282 g/mol. The van der Waals surface area contributed by atoms with Crippen LogP contribution in [0.5, 0.6) is 0 Å². The molecule has 1 fully saturated rings. The van der Waals surface area contributed by atoms with Crippen LogP contribution in [0.4, 0.5) is 0 Å². The summed E-state index contributed by atoms with van der Waals surface area (Å²) in [5, 5.41) is 0.223. The van der Waals surface area contributed by atoms with Gasteiger partial charge in [0.2, 0.25) is 0 Å². The molecule has 0 unspecified atom stereocenters. The highest BCUT2D eigenvalue weighted by molar-refractivity contribution is 7.98. The van der Waals surface area contributed by atoms with Gasteiger partial charge in [-0.15, -0.1) is 0 Å². The molecule has 19 heavy (non-hydrogen) atoms. The van der Waals surface area contributed by atoms with E-state index in [1.54, 1.807) is 16.1 Å². The van der Waals surface area contributed by atoms with Gasteiger partial charge in [-0.2, -0.15) is 16.1 Å². The second kappa shape index (κ2) is 5.85. The molecule has 0 radical (unpaired) electrons. The molecular formula is C12H21N3O2S2. The quantitative estimate of drug-likeness (QED) is 0.902. The molecule has 1 aliphatic heterocycles. The monoisotopic (exact) mass is 303 g/mol. The Morgan fingerprint density at radius 3 is 2.89 bits per heavy atom. The van der Waals surface area contributed by atoms with Gasteiger partial charge in [-0.1, -0.05) is 13.8 Å². The Morgan fingerprint density at radius 1 is 1.58 bits per heavy atom. The van der Waals surface area contributed by atoms with E-state index >= 15 is 0 Å². The molecule has 0 spiro atoms. The fourth-order valence-electron chi connectivity index (χ4n) is 2.27. The molecule has 1 aromatic heterocycles. The predicted molar refractivity (Wildman–Crippen MR) is 77.9 cm³/mol. The minimum Gasteiger partial charge on any atom is -0.332 e. The number of nitrogens with zero attached hydrogens (tertiary/aromatic N) is 2. The lowest BCUT2D eigenvalue weighted by Crippen LogP contribution is -2.29. The van der Waals surface area contributed by atoms with Gasteiger partial charge in [0.25, 0.3) is 10.0 Å². The van der Waals surface area contributed by atoms with Crippen LogP contribution in [0.3, 0.4) is 0 Å². The van der Waals surface area contributed by atoms with Gasteiger partial charge in [-0.25, -0.2) is 13.4 Å². The van der Waals surface area contributed by atoms with Crippen LogP contribution in [-0.4, -0.2) is 47.8 Å². The average molecular weight is 303 g/mol. The topological polar surface area (TPSA) is 66.1 Å². The summed E-state index contributed by atoms with van der Waals surface area (Å²) in [6.45, 7) is 5.21. The van der Waals surface area contributed by atoms with E-state index in [2.05, 4.69) is 16.2 Å². The lowest BCUT2D eigenvalue weighted by atomic mass is 10.2. The van der Waals surface area contributed by atoms with Crippen LogP contribution in [0.15, 0.2) is 11.2 Å². The second-order valence-corrected chi connectivity index (χ2v) is 8.08. The van der Waals surface area contributed by atoms with Gasteiger partial charge in [0.1, 0.15) is 5.82 Å². The van der Waals surface area contributed by atoms with Gasteiger partial charge in [0.15, 0.2) is 5.03 Å². The normalized spacial score (nSPS) is 21.4. The fraction of sp³-hybridized carbons (Fsp3) is 0.750. The summed E-state index contributed by atoms with van der Waals surface area (Å²) in [7, 11) is -3.40. The van der Waals surface area contributed by atoms with Crippen molar-refractivity contribution in [3.8, 4) is 0 Å². The van der Waals surface area contributed by atoms with Crippen molar-refractivity contribution in [2.75, 3.05) is 25.1 Å². The molecule has 1 atom stereocenters. The second-order valence-electron chi connectivity index (χ2n) is 5.26. The molecule has 1 aromatic rings. The Hall–Kier alpha value is -0.530. The highest BCUT2D eigenvalue weighted by Crippen LogP contribution is 2.25. The number of H-pyrrole nitrogens is 1. The number of aromatic amines is 1. The zero-order valence-electron chi connectivity index (χ0n) is 11.6. The van der Waals surface area contributed by atoms with Crippen molar-refractivity contribution in [3.05, 3.63) is 12.0 Å². The number of hydrogen-bond acceptors (Lipinski definition) is 4. The van der Waals surface area contributed by atoms with Gasteiger partial charge in [-0.3, -0.25) is 0 Å². The van der Waals surface area contributed by atoms with Crippen molar-refractivity contribution < 1.29 is 8.42 Å². The molecule has 1 N–H and O–H groups in total. The Bertz CT molecular complexity index is 525. The third-order valence-corrected chi connectivity index (χ3v) is 5.97. The highest BCUT2D eigenvalue weighted by atomic mass is 32.2. The number of sulfonamides is 1. The summed E-state index contributed by atoms with van der Waals surface area (Å²) in [6, 6.07) is 0. The number of hydrogen-bond donors (Lipinski definition) is 1. The Labute approximate surface area is 119 Å². The summed E-state index contributed by atoms with van der Waals surface area (Å²) in [4.78, 5) is 7.07.